The molecule has 90 valence electrons. The highest BCUT2D eigenvalue weighted by Gasteiger charge is 2.30. The number of alkyl halides is 1. The number of H-pyrrole nitrogens is 1. The molecular formula is C9H14FN3O2S. The zero-order valence-electron chi connectivity index (χ0n) is 8.76. The minimum absolute atomic E-state index is 0.00761. The second-order valence-electron chi connectivity index (χ2n) is 3.92. The molecule has 16 heavy (non-hydrogen) atoms. The molecule has 1 fully saturated rings. The Morgan fingerprint density at radius 3 is 2.69 bits per heavy atom. The molecule has 0 saturated carbocycles. The molecule has 0 radical (unpaired) electrons. The predicted molar refractivity (Wildman–Crippen MR) is 56.0 cm³/mol. The summed E-state index contributed by atoms with van der Waals surface area (Å²) in [6, 6.07) is 0. The molecule has 0 amide bonds. The number of hydrogen-bond acceptors (Lipinski definition) is 3. The van der Waals surface area contributed by atoms with E-state index in [4.69, 9.17) is 0 Å². The van der Waals surface area contributed by atoms with E-state index in [1.54, 1.807) is 0 Å². The number of aromatic nitrogens is 2. The van der Waals surface area contributed by atoms with Gasteiger partial charge < -0.3 is 4.98 Å². The van der Waals surface area contributed by atoms with Crippen molar-refractivity contribution < 1.29 is 12.8 Å². The van der Waals surface area contributed by atoms with Crippen molar-refractivity contribution in [2.45, 2.75) is 17.9 Å². The van der Waals surface area contributed by atoms with Crippen LogP contribution in [0.25, 0.3) is 0 Å². The fraction of sp³-hybridized carbons (Fsp3) is 0.667. The first-order valence-electron chi connectivity index (χ1n) is 5.19. The lowest BCUT2D eigenvalue weighted by molar-refractivity contribution is 0.233. The molecule has 0 aromatic carbocycles. The van der Waals surface area contributed by atoms with Crippen LogP contribution in [0.5, 0.6) is 0 Å². The van der Waals surface area contributed by atoms with Crippen molar-refractivity contribution in [2.75, 3.05) is 19.8 Å². The maximum Gasteiger partial charge on any atom is 0.260 e. The van der Waals surface area contributed by atoms with Gasteiger partial charge in [0.1, 0.15) is 0 Å². The maximum absolute atomic E-state index is 12.4. The van der Waals surface area contributed by atoms with Gasteiger partial charge in [0.2, 0.25) is 0 Å². The quantitative estimate of drug-likeness (QED) is 0.858. The van der Waals surface area contributed by atoms with E-state index < -0.39 is 10.0 Å². The summed E-state index contributed by atoms with van der Waals surface area (Å²) in [6.45, 7) is 0.407. The number of rotatable bonds is 3. The monoisotopic (exact) mass is 247 g/mol. The van der Waals surface area contributed by atoms with Crippen LogP contribution in [0.4, 0.5) is 4.39 Å². The van der Waals surface area contributed by atoms with Crippen LogP contribution >= 0.6 is 0 Å². The average molecular weight is 247 g/mol. The van der Waals surface area contributed by atoms with E-state index in [1.165, 1.54) is 16.8 Å². The van der Waals surface area contributed by atoms with E-state index in [-0.39, 0.29) is 17.6 Å². The predicted octanol–water partition coefficient (Wildman–Crippen LogP) is 0.780. The first kappa shape index (κ1) is 11.5. The topological polar surface area (TPSA) is 66.1 Å². The summed E-state index contributed by atoms with van der Waals surface area (Å²) in [7, 11) is -3.46. The van der Waals surface area contributed by atoms with Crippen molar-refractivity contribution in [2.24, 2.45) is 5.92 Å². The smallest absolute Gasteiger partial charge is 0.260 e. The minimum atomic E-state index is -3.46. The van der Waals surface area contributed by atoms with Crippen LogP contribution in [-0.4, -0.2) is 42.5 Å². The van der Waals surface area contributed by atoms with Gasteiger partial charge in [-0.25, -0.2) is 13.4 Å². The Morgan fingerprint density at radius 1 is 1.50 bits per heavy atom. The number of hydrogen-bond donors (Lipinski definition) is 1. The van der Waals surface area contributed by atoms with E-state index in [0.29, 0.717) is 25.9 Å². The molecule has 1 N–H and O–H groups in total. The maximum atomic E-state index is 12.4. The first-order chi connectivity index (χ1) is 7.64. The number of nitrogens with one attached hydrogen (secondary N) is 1. The zero-order chi connectivity index (χ0) is 11.6. The number of nitrogens with zero attached hydrogens (tertiary/aromatic N) is 2. The van der Waals surface area contributed by atoms with E-state index in [0.717, 1.165) is 0 Å². The summed E-state index contributed by atoms with van der Waals surface area (Å²) in [4.78, 5) is 6.28. The Balaban J connectivity index is 2.09. The summed E-state index contributed by atoms with van der Waals surface area (Å²) in [5, 5.41) is 0.103. The number of imidazole rings is 1. The van der Waals surface area contributed by atoms with Gasteiger partial charge in [-0.05, 0) is 18.8 Å². The standard InChI is InChI=1S/C9H14FN3O2S/c10-5-8-1-3-13(4-2-8)16(14,15)9-6-11-7-12-9/h6-8H,1-5H2,(H,11,12). The molecule has 7 heteroatoms. The molecule has 1 aromatic heterocycles. The molecule has 1 aliphatic heterocycles. The molecular weight excluding hydrogens is 233 g/mol. The minimum Gasteiger partial charge on any atom is -0.335 e. The van der Waals surface area contributed by atoms with E-state index in [9.17, 15) is 12.8 Å². The third kappa shape index (κ3) is 2.10. The summed E-state index contributed by atoms with van der Waals surface area (Å²) in [5.41, 5.74) is 0. The van der Waals surface area contributed by atoms with Crippen LogP contribution in [0.15, 0.2) is 17.6 Å². The second-order valence-corrected chi connectivity index (χ2v) is 5.82. The third-order valence-corrected chi connectivity index (χ3v) is 4.71. The fourth-order valence-electron chi connectivity index (χ4n) is 1.83. The van der Waals surface area contributed by atoms with Gasteiger partial charge in [0, 0.05) is 13.1 Å². The average Bonchev–Trinajstić information content (AvgIpc) is 2.83. The van der Waals surface area contributed by atoms with Crippen molar-refractivity contribution >= 4 is 10.0 Å². The first-order valence-corrected chi connectivity index (χ1v) is 6.63. The third-order valence-electron chi connectivity index (χ3n) is 2.88. The van der Waals surface area contributed by atoms with Crippen molar-refractivity contribution in [3.63, 3.8) is 0 Å². The van der Waals surface area contributed by atoms with Gasteiger partial charge in [0.05, 0.1) is 19.2 Å². The van der Waals surface area contributed by atoms with E-state index in [1.807, 2.05) is 0 Å². The van der Waals surface area contributed by atoms with Gasteiger partial charge in [-0.3, -0.25) is 4.39 Å². The largest absolute Gasteiger partial charge is 0.335 e. The molecule has 1 saturated heterocycles. The van der Waals surface area contributed by atoms with Crippen LogP contribution in [-0.2, 0) is 10.0 Å². The van der Waals surface area contributed by atoms with Crippen molar-refractivity contribution in [3.05, 3.63) is 12.5 Å². The van der Waals surface area contributed by atoms with E-state index >= 15 is 0 Å². The normalized spacial score (nSPS) is 20.1. The Labute approximate surface area is 93.7 Å². The van der Waals surface area contributed by atoms with Crippen LogP contribution in [0, 0.1) is 5.92 Å². The van der Waals surface area contributed by atoms with Crippen LogP contribution in [0.2, 0.25) is 0 Å². The second kappa shape index (κ2) is 4.50. The highest BCUT2D eigenvalue weighted by Crippen LogP contribution is 2.22. The molecule has 0 bridgehead atoms. The molecule has 0 atom stereocenters. The Kier molecular flexibility index (Phi) is 3.25. The van der Waals surface area contributed by atoms with Gasteiger partial charge in [0.15, 0.2) is 5.03 Å². The molecule has 0 spiro atoms. The lowest BCUT2D eigenvalue weighted by Gasteiger charge is -2.29. The SMILES string of the molecule is O=S(=O)(c1cnc[nH]1)N1CCC(CF)CC1. The lowest BCUT2D eigenvalue weighted by Crippen LogP contribution is -2.39. The highest BCUT2D eigenvalue weighted by atomic mass is 32.2. The molecule has 0 aliphatic carbocycles. The summed E-state index contributed by atoms with van der Waals surface area (Å²) < 4.78 is 37.8. The summed E-state index contributed by atoms with van der Waals surface area (Å²) in [5.74, 6) is 0.00761. The van der Waals surface area contributed by atoms with Crippen LogP contribution < -0.4 is 0 Å². The Hall–Kier alpha value is -0.950. The molecule has 5 nitrogen and oxygen atoms in total. The molecule has 1 aromatic rings. The van der Waals surface area contributed by atoms with Crippen molar-refractivity contribution in [1.29, 1.82) is 0 Å². The van der Waals surface area contributed by atoms with Gasteiger partial charge >= 0.3 is 0 Å². The van der Waals surface area contributed by atoms with Gasteiger partial charge in [-0.2, -0.15) is 4.31 Å². The van der Waals surface area contributed by atoms with Crippen LogP contribution in [0.1, 0.15) is 12.8 Å². The zero-order valence-corrected chi connectivity index (χ0v) is 9.58. The molecule has 2 heterocycles. The number of halogens is 1. The van der Waals surface area contributed by atoms with E-state index in [2.05, 4.69) is 9.97 Å². The van der Waals surface area contributed by atoms with Crippen LogP contribution in [0.3, 0.4) is 0 Å². The Morgan fingerprint density at radius 2 is 2.19 bits per heavy atom. The summed E-state index contributed by atoms with van der Waals surface area (Å²) in [6.07, 6.45) is 3.80. The van der Waals surface area contributed by atoms with Gasteiger partial charge in [-0.1, -0.05) is 0 Å². The fourth-order valence-corrected chi connectivity index (χ4v) is 3.19. The Bertz CT molecular complexity index is 424. The summed E-state index contributed by atoms with van der Waals surface area (Å²) >= 11 is 0. The number of aromatic amines is 1. The number of sulfonamides is 1. The van der Waals surface area contributed by atoms with Gasteiger partial charge in [0.25, 0.3) is 10.0 Å². The van der Waals surface area contributed by atoms with Crippen molar-refractivity contribution in [3.8, 4) is 0 Å². The van der Waals surface area contributed by atoms with Gasteiger partial charge in [-0.15, -0.1) is 0 Å². The molecule has 2 rings (SSSR count). The molecule has 0 unspecified atom stereocenters. The number of piperidine rings is 1. The lowest BCUT2D eigenvalue weighted by atomic mass is 10.0. The molecule has 1 aliphatic rings. The highest BCUT2D eigenvalue weighted by molar-refractivity contribution is 7.89. The van der Waals surface area contributed by atoms with Crippen molar-refractivity contribution in [1.82, 2.24) is 14.3 Å².